The van der Waals surface area contributed by atoms with Crippen LogP contribution in [0, 0.1) is 0 Å². The average Bonchev–Trinajstić information content (AvgIpc) is 2.57. The van der Waals surface area contributed by atoms with Gasteiger partial charge in [0, 0.05) is 9.79 Å². The summed E-state index contributed by atoms with van der Waals surface area (Å²) in [6.45, 7) is 2.75. The molecule has 0 spiro atoms. The molecule has 2 rings (SSSR count). The summed E-state index contributed by atoms with van der Waals surface area (Å²) in [6, 6.07) is 14.0. The summed E-state index contributed by atoms with van der Waals surface area (Å²) < 4.78 is 10.7. The minimum Gasteiger partial charge on any atom is -0.463 e. The number of hydrogen-bond donors (Lipinski definition) is 0. The highest BCUT2D eigenvalue weighted by molar-refractivity contribution is 7.99. The van der Waals surface area contributed by atoms with Gasteiger partial charge in [0.15, 0.2) is 0 Å². The van der Waals surface area contributed by atoms with Crippen LogP contribution in [0.15, 0.2) is 58.3 Å². The first-order chi connectivity index (χ1) is 12.5. The molecule has 0 N–H and O–H groups in total. The van der Waals surface area contributed by atoms with Gasteiger partial charge in [-0.15, -0.1) is 0 Å². The topological polar surface area (TPSA) is 52.6 Å². The van der Waals surface area contributed by atoms with Gasteiger partial charge in [0.2, 0.25) is 0 Å². The number of ether oxygens (including phenoxy) is 2. The predicted molar refractivity (Wildman–Crippen MR) is 108 cm³/mol. The van der Waals surface area contributed by atoms with Crippen LogP contribution in [0.2, 0.25) is 0 Å². The molecule has 144 valence electrons. The molecule has 2 aromatic carbocycles. The molecule has 0 saturated heterocycles. The normalized spacial score (nSPS) is 15.3. The Balaban J connectivity index is 2.01. The minimum atomic E-state index is -1.62. The largest absolute Gasteiger partial charge is 0.463 e. The van der Waals surface area contributed by atoms with Crippen LogP contribution in [0.1, 0.15) is 13.8 Å². The summed E-state index contributed by atoms with van der Waals surface area (Å²) in [4.78, 5) is 24.2. The molecule has 0 aliphatic rings. The third-order valence-electron chi connectivity index (χ3n) is 3.20. The Morgan fingerprint density at radius 2 is 1.04 bits per heavy atom. The number of alkyl halides is 2. The second-order valence-corrected chi connectivity index (χ2v) is 8.91. The highest BCUT2D eigenvalue weighted by Crippen LogP contribution is 2.33. The quantitative estimate of drug-likeness (QED) is 0.350. The molecule has 0 fully saturated rings. The first kappa shape index (κ1) is 22.2. The van der Waals surface area contributed by atoms with E-state index in [2.05, 4.69) is 0 Å². The molecule has 0 amide bonds. The molecule has 0 aromatic heterocycles. The Hall–Kier alpha value is -1.11. The van der Waals surface area contributed by atoms with Crippen molar-refractivity contribution in [1.29, 1.82) is 0 Å². The monoisotopic (exact) mass is 466 g/mol. The van der Waals surface area contributed by atoms with Crippen LogP contribution in [-0.4, -0.2) is 20.6 Å². The maximum absolute atomic E-state index is 11.2. The first-order valence-corrected chi connectivity index (χ1v) is 9.86. The summed E-state index contributed by atoms with van der Waals surface area (Å²) in [5, 5.41) is -4.83. The van der Waals surface area contributed by atoms with E-state index in [0.29, 0.717) is 11.5 Å². The van der Waals surface area contributed by atoms with Gasteiger partial charge < -0.3 is 9.47 Å². The molecule has 0 aliphatic carbocycles. The molecular weight excluding hydrogens is 454 g/mol. The Morgan fingerprint density at radius 1 is 0.741 bits per heavy atom. The van der Waals surface area contributed by atoms with E-state index in [1.54, 1.807) is 24.3 Å². The highest BCUT2D eigenvalue weighted by Gasteiger charge is 2.32. The van der Waals surface area contributed by atoms with Crippen molar-refractivity contribution in [3.8, 4) is 11.5 Å². The van der Waals surface area contributed by atoms with E-state index in [-0.39, 0.29) is 0 Å². The van der Waals surface area contributed by atoms with Crippen LogP contribution < -0.4 is 9.47 Å². The van der Waals surface area contributed by atoms with Gasteiger partial charge in [0.1, 0.15) is 11.5 Å². The zero-order valence-electron chi connectivity index (χ0n) is 14.2. The third kappa shape index (κ3) is 6.47. The van der Waals surface area contributed by atoms with Crippen LogP contribution in [0.4, 0.5) is 0 Å². The van der Waals surface area contributed by atoms with E-state index in [0.717, 1.165) is 9.79 Å². The zero-order chi connectivity index (χ0) is 20.2. The Labute approximate surface area is 181 Å². The molecule has 0 radical (unpaired) electrons. The van der Waals surface area contributed by atoms with Gasteiger partial charge in [0.05, 0.1) is 0 Å². The SMILES string of the molecule is CC(Cl)(Oc1ccc(Sc2ccc(OC(C)(Cl)C(=O)Cl)cc2)cc1)C(=O)Cl. The summed E-state index contributed by atoms with van der Waals surface area (Å²) in [6.07, 6.45) is 0. The van der Waals surface area contributed by atoms with Crippen LogP contribution in [0.25, 0.3) is 0 Å². The fourth-order valence-electron chi connectivity index (χ4n) is 1.81. The number of carbonyl (C=O) groups excluding carboxylic acids is 2. The molecule has 2 unspecified atom stereocenters. The van der Waals surface area contributed by atoms with Crippen molar-refractivity contribution in [3.63, 3.8) is 0 Å². The Bertz CT molecular complexity index is 751. The van der Waals surface area contributed by atoms with Crippen LogP contribution >= 0.6 is 58.2 Å². The summed E-state index contributed by atoms with van der Waals surface area (Å²) in [5.74, 6) is 0.837. The summed E-state index contributed by atoms with van der Waals surface area (Å²) in [7, 11) is 0. The maximum Gasteiger partial charge on any atom is 0.280 e. The summed E-state index contributed by atoms with van der Waals surface area (Å²) >= 11 is 24.0. The second-order valence-electron chi connectivity index (χ2n) is 5.63. The standard InChI is InChI=1S/C18H14Cl4O4S/c1-17(21,15(19)23)25-11-3-7-13(8-4-11)27-14-9-5-12(6-10-14)26-18(2,22)16(20)24/h3-10H,1-2H3. The van der Waals surface area contributed by atoms with E-state index < -0.39 is 20.6 Å². The summed E-state index contributed by atoms with van der Waals surface area (Å²) in [5.41, 5.74) is 0. The van der Waals surface area contributed by atoms with Crippen LogP contribution in [-0.2, 0) is 9.59 Å². The molecule has 9 heteroatoms. The number of carbonyl (C=O) groups is 2. The van der Waals surface area contributed by atoms with Gasteiger partial charge in [-0.2, -0.15) is 0 Å². The van der Waals surface area contributed by atoms with Gasteiger partial charge in [-0.05, 0) is 85.6 Å². The second kappa shape index (κ2) is 8.93. The molecule has 0 aliphatic heterocycles. The van der Waals surface area contributed by atoms with E-state index in [9.17, 15) is 9.59 Å². The molecular formula is C18H14Cl4O4S. The molecule has 0 saturated carbocycles. The zero-order valence-corrected chi connectivity index (χ0v) is 18.0. The lowest BCUT2D eigenvalue weighted by atomic mass is 10.3. The molecule has 27 heavy (non-hydrogen) atoms. The smallest absolute Gasteiger partial charge is 0.280 e. The van der Waals surface area contributed by atoms with Crippen molar-refractivity contribution in [2.45, 2.75) is 33.8 Å². The van der Waals surface area contributed by atoms with Gasteiger partial charge in [0.25, 0.3) is 20.6 Å². The van der Waals surface area contributed by atoms with Crippen molar-refractivity contribution in [2.24, 2.45) is 0 Å². The Morgan fingerprint density at radius 3 is 1.30 bits per heavy atom. The first-order valence-electron chi connectivity index (χ1n) is 7.53. The molecule has 0 bridgehead atoms. The van der Waals surface area contributed by atoms with Gasteiger partial charge >= 0.3 is 0 Å². The molecule has 4 nitrogen and oxygen atoms in total. The lowest BCUT2D eigenvalue weighted by molar-refractivity contribution is -0.120. The van der Waals surface area contributed by atoms with Crippen molar-refractivity contribution in [2.75, 3.05) is 0 Å². The van der Waals surface area contributed by atoms with Gasteiger partial charge in [-0.1, -0.05) is 35.0 Å². The molecule has 2 aromatic rings. The lowest BCUT2D eigenvalue weighted by Crippen LogP contribution is -2.31. The van der Waals surface area contributed by atoms with E-state index in [1.165, 1.54) is 25.6 Å². The fraction of sp³-hybridized carbons (Fsp3) is 0.222. The van der Waals surface area contributed by atoms with E-state index in [4.69, 9.17) is 55.9 Å². The third-order valence-corrected chi connectivity index (χ3v) is 5.63. The molecule has 2 atom stereocenters. The number of hydrogen-bond acceptors (Lipinski definition) is 5. The number of benzene rings is 2. The average molecular weight is 468 g/mol. The van der Waals surface area contributed by atoms with Crippen LogP contribution in [0.5, 0.6) is 11.5 Å². The maximum atomic E-state index is 11.2. The van der Waals surface area contributed by atoms with Crippen LogP contribution in [0.3, 0.4) is 0 Å². The van der Waals surface area contributed by atoms with Crippen molar-refractivity contribution < 1.29 is 19.1 Å². The van der Waals surface area contributed by atoms with Crippen molar-refractivity contribution >= 4 is 68.7 Å². The van der Waals surface area contributed by atoms with Gasteiger partial charge in [-0.25, -0.2) is 0 Å². The van der Waals surface area contributed by atoms with Gasteiger partial charge in [-0.3, -0.25) is 9.59 Å². The van der Waals surface area contributed by atoms with E-state index in [1.807, 2.05) is 24.3 Å². The Kier molecular flexibility index (Phi) is 7.33. The van der Waals surface area contributed by atoms with Crippen molar-refractivity contribution in [3.05, 3.63) is 48.5 Å². The van der Waals surface area contributed by atoms with Crippen molar-refractivity contribution in [1.82, 2.24) is 0 Å². The lowest BCUT2D eigenvalue weighted by Gasteiger charge is -2.19. The molecule has 0 heterocycles. The highest BCUT2D eigenvalue weighted by atomic mass is 35.5. The number of halogens is 4. The number of rotatable bonds is 8. The minimum absolute atomic E-state index is 0.418. The van der Waals surface area contributed by atoms with E-state index >= 15 is 0 Å². The fourth-order valence-corrected chi connectivity index (χ4v) is 2.88. The predicted octanol–water partition coefficient (Wildman–Crippen LogP) is 6.04.